The number of nitrogens with one attached hydrogen (secondary N) is 2. The van der Waals surface area contributed by atoms with Crippen molar-refractivity contribution in [2.45, 2.75) is 38.6 Å². The second-order valence-corrected chi connectivity index (χ2v) is 9.75. The number of hydrogen-bond acceptors (Lipinski definition) is 4. The van der Waals surface area contributed by atoms with Gasteiger partial charge in [0, 0.05) is 44.2 Å². The molecule has 2 fully saturated rings. The van der Waals surface area contributed by atoms with E-state index in [1.165, 1.54) is 12.8 Å². The van der Waals surface area contributed by atoms with Gasteiger partial charge in [0.05, 0.1) is 5.75 Å². The van der Waals surface area contributed by atoms with Crippen LogP contribution in [0.25, 0.3) is 0 Å². The van der Waals surface area contributed by atoms with Gasteiger partial charge >= 0.3 is 0 Å². The first-order valence-corrected chi connectivity index (χ1v) is 11.3. The summed E-state index contributed by atoms with van der Waals surface area (Å²) < 4.78 is 26.2. The van der Waals surface area contributed by atoms with E-state index in [4.69, 9.17) is 0 Å². The van der Waals surface area contributed by atoms with Crippen LogP contribution in [0.1, 0.15) is 32.6 Å². The van der Waals surface area contributed by atoms with Crippen LogP contribution in [0, 0.1) is 5.92 Å². The molecule has 134 valence electrons. The fraction of sp³-hybridized carbons (Fsp3) is 0.933. The molecule has 2 N–H and O–H groups in total. The topological polar surface area (TPSA) is 73.8 Å². The van der Waals surface area contributed by atoms with Crippen LogP contribution < -0.4 is 10.6 Å². The molecule has 0 radical (unpaired) electrons. The molecule has 8 heteroatoms. The third-order valence-electron chi connectivity index (χ3n) is 4.52. The van der Waals surface area contributed by atoms with Crippen molar-refractivity contribution in [1.82, 2.24) is 14.9 Å². The number of thioether (sulfide) groups is 1. The van der Waals surface area contributed by atoms with E-state index >= 15 is 0 Å². The fourth-order valence-electron chi connectivity index (χ4n) is 3.21. The Morgan fingerprint density at radius 2 is 2.04 bits per heavy atom. The number of nitrogens with zero attached hydrogens (tertiary/aromatic N) is 2. The zero-order valence-electron chi connectivity index (χ0n) is 14.3. The molecule has 2 rings (SSSR count). The van der Waals surface area contributed by atoms with Crippen molar-refractivity contribution in [3.05, 3.63) is 0 Å². The van der Waals surface area contributed by atoms with Crippen LogP contribution in [0.4, 0.5) is 0 Å². The maximum atomic E-state index is 12.3. The van der Waals surface area contributed by atoms with E-state index in [-0.39, 0.29) is 5.75 Å². The van der Waals surface area contributed by atoms with Gasteiger partial charge in [0.2, 0.25) is 10.0 Å². The first kappa shape index (κ1) is 18.9. The molecule has 2 aliphatic rings. The van der Waals surface area contributed by atoms with Crippen LogP contribution in [-0.4, -0.2) is 68.7 Å². The molecule has 0 aromatic heterocycles. The van der Waals surface area contributed by atoms with E-state index in [0.29, 0.717) is 31.6 Å². The van der Waals surface area contributed by atoms with Crippen LogP contribution >= 0.6 is 11.8 Å². The number of hydrogen-bond donors (Lipinski definition) is 2. The van der Waals surface area contributed by atoms with Crippen molar-refractivity contribution in [3.63, 3.8) is 0 Å². The van der Waals surface area contributed by atoms with Crippen LogP contribution in [0.15, 0.2) is 4.99 Å². The minimum Gasteiger partial charge on any atom is -0.355 e. The lowest BCUT2D eigenvalue weighted by atomic mass is 9.87. The van der Waals surface area contributed by atoms with Crippen molar-refractivity contribution >= 4 is 27.7 Å². The zero-order chi connectivity index (χ0) is 16.7. The SMILES string of the molecule is CN=C(NCCS(=O)(=O)N1CCSCC1)NC1CCCC(C)C1. The minimum atomic E-state index is -3.15. The largest absolute Gasteiger partial charge is 0.355 e. The van der Waals surface area contributed by atoms with Crippen LogP contribution in [0.5, 0.6) is 0 Å². The molecule has 2 atom stereocenters. The van der Waals surface area contributed by atoms with Gasteiger partial charge in [0.25, 0.3) is 0 Å². The highest BCUT2D eigenvalue weighted by molar-refractivity contribution is 7.99. The number of sulfonamides is 1. The smallest absolute Gasteiger partial charge is 0.215 e. The molecule has 1 heterocycles. The highest BCUT2D eigenvalue weighted by Crippen LogP contribution is 2.23. The Bertz CT molecular complexity index is 490. The molecule has 0 bridgehead atoms. The molecule has 1 saturated heterocycles. The fourth-order valence-corrected chi connectivity index (χ4v) is 5.70. The minimum absolute atomic E-state index is 0.124. The van der Waals surface area contributed by atoms with Gasteiger partial charge in [-0.1, -0.05) is 19.8 Å². The molecular formula is C15H30N4O2S2. The maximum absolute atomic E-state index is 12.3. The van der Waals surface area contributed by atoms with E-state index in [0.717, 1.165) is 30.3 Å². The monoisotopic (exact) mass is 362 g/mol. The van der Waals surface area contributed by atoms with E-state index in [1.54, 1.807) is 11.4 Å². The Balaban J connectivity index is 1.74. The second-order valence-electron chi connectivity index (χ2n) is 6.44. The molecule has 1 aliphatic heterocycles. The predicted octanol–water partition coefficient (Wildman–Crippen LogP) is 1.11. The van der Waals surface area contributed by atoms with Gasteiger partial charge in [0.1, 0.15) is 0 Å². The molecule has 0 amide bonds. The molecule has 23 heavy (non-hydrogen) atoms. The Hall–Kier alpha value is -0.470. The zero-order valence-corrected chi connectivity index (χ0v) is 15.9. The highest BCUT2D eigenvalue weighted by Gasteiger charge is 2.24. The molecule has 1 aliphatic carbocycles. The quantitative estimate of drug-likeness (QED) is 0.566. The van der Waals surface area contributed by atoms with Gasteiger partial charge in [0.15, 0.2) is 5.96 Å². The third kappa shape index (κ3) is 6.15. The molecular weight excluding hydrogens is 332 g/mol. The Morgan fingerprint density at radius 3 is 2.70 bits per heavy atom. The lowest BCUT2D eigenvalue weighted by molar-refractivity contribution is 0.324. The van der Waals surface area contributed by atoms with E-state index in [1.807, 2.05) is 11.8 Å². The standard InChI is InChI=1S/C15H30N4O2S2/c1-13-4-3-5-14(12-13)18-15(16-2)17-6-11-23(20,21)19-7-9-22-10-8-19/h13-14H,3-12H2,1-2H3,(H2,16,17,18). The Morgan fingerprint density at radius 1 is 1.30 bits per heavy atom. The number of aliphatic imine (C=N–C) groups is 1. The van der Waals surface area contributed by atoms with Crippen LogP contribution in [0.2, 0.25) is 0 Å². The van der Waals surface area contributed by atoms with Gasteiger partial charge in [-0.3, -0.25) is 4.99 Å². The molecule has 0 aromatic carbocycles. The van der Waals surface area contributed by atoms with Gasteiger partial charge in [-0.25, -0.2) is 12.7 Å². The Kier molecular flexibility index (Phi) is 7.49. The molecule has 6 nitrogen and oxygen atoms in total. The summed E-state index contributed by atoms with van der Waals surface area (Å²) in [6.07, 6.45) is 4.87. The van der Waals surface area contributed by atoms with E-state index in [9.17, 15) is 8.42 Å². The normalized spacial score (nSPS) is 27.7. The van der Waals surface area contributed by atoms with Gasteiger partial charge < -0.3 is 10.6 Å². The van der Waals surface area contributed by atoms with Gasteiger partial charge in [-0.2, -0.15) is 11.8 Å². The van der Waals surface area contributed by atoms with Crippen molar-refractivity contribution < 1.29 is 8.42 Å². The van der Waals surface area contributed by atoms with E-state index in [2.05, 4.69) is 22.5 Å². The molecule has 0 aromatic rings. The summed E-state index contributed by atoms with van der Waals surface area (Å²) in [5.74, 6) is 3.38. The summed E-state index contributed by atoms with van der Waals surface area (Å²) >= 11 is 1.82. The van der Waals surface area contributed by atoms with Crippen molar-refractivity contribution in [2.75, 3.05) is 43.9 Å². The first-order valence-electron chi connectivity index (χ1n) is 8.54. The maximum Gasteiger partial charge on any atom is 0.215 e. The average Bonchev–Trinajstić information content (AvgIpc) is 2.54. The summed E-state index contributed by atoms with van der Waals surface area (Å²) in [6, 6.07) is 0.445. The van der Waals surface area contributed by atoms with Crippen molar-refractivity contribution in [1.29, 1.82) is 0 Å². The predicted molar refractivity (Wildman–Crippen MR) is 98.6 cm³/mol. The number of rotatable bonds is 5. The van der Waals surface area contributed by atoms with E-state index < -0.39 is 10.0 Å². The summed E-state index contributed by atoms with van der Waals surface area (Å²) in [5.41, 5.74) is 0. The lowest BCUT2D eigenvalue weighted by Gasteiger charge is -2.29. The Labute approximate surface area is 144 Å². The highest BCUT2D eigenvalue weighted by atomic mass is 32.2. The summed E-state index contributed by atoms with van der Waals surface area (Å²) in [4.78, 5) is 4.22. The average molecular weight is 363 g/mol. The van der Waals surface area contributed by atoms with Gasteiger partial charge in [-0.15, -0.1) is 0 Å². The summed E-state index contributed by atoms with van der Waals surface area (Å²) in [6.45, 7) is 3.96. The van der Waals surface area contributed by atoms with Crippen LogP contribution in [0.3, 0.4) is 0 Å². The van der Waals surface area contributed by atoms with Crippen molar-refractivity contribution in [3.8, 4) is 0 Å². The molecule has 1 saturated carbocycles. The van der Waals surface area contributed by atoms with Crippen LogP contribution in [-0.2, 0) is 10.0 Å². The lowest BCUT2D eigenvalue weighted by Crippen LogP contribution is -2.47. The molecule has 0 spiro atoms. The summed E-state index contributed by atoms with van der Waals surface area (Å²) in [7, 11) is -1.42. The molecule has 2 unspecified atom stereocenters. The van der Waals surface area contributed by atoms with Gasteiger partial charge in [-0.05, 0) is 18.8 Å². The third-order valence-corrected chi connectivity index (χ3v) is 7.33. The van der Waals surface area contributed by atoms with Crippen molar-refractivity contribution in [2.24, 2.45) is 10.9 Å². The second kappa shape index (κ2) is 9.13. The number of guanidine groups is 1. The first-order chi connectivity index (χ1) is 11.0. The summed E-state index contributed by atoms with van der Waals surface area (Å²) in [5, 5.41) is 6.58.